The predicted octanol–water partition coefficient (Wildman–Crippen LogP) is -5.11. The minimum absolute atomic E-state index is 0. The monoisotopic (exact) mass is 535 g/mol. The van der Waals surface area contributed by atoms with E-state index in [1.54, 1.807) is 25.1 Å². The Morgan fingerprint density at radius 2 is 1.77 bits per heavy atom. The maximum Gasteiger partial charge on any atom is 1.00 e. The van der Waals surface area contributed by atoms with Crippen LogP contribution in [0.3, 0.4) is 0 Å². The molecule has 3 rings (SSSR count). The third kappa shape index (κ3) is 5.91. The van der Waals surface area contributed by atoms with Gasteiger partial charge in [-0.15, -0.1) is 0 Å². The van der Waals surface area contributed by atoms with Gasteiger partial charge in [-0.1, -0.05) is 30.3 Å². The zero-order chi connectivity index (χ0) is 25.3. The summed E-state index contributed by atoms with van der Waals surface area (Å²) in [5, 5.41) is 4.59. The molecule has 0 saturated carbocycles. The fraction of sp³-hybridized carbons (Fsp3) is 0.421. The zero-order valence-corrected chi connectivity index (χ0v) is 23.2. The molecule has 0 aliphatic carbocycles. The number of β-lactam (4-membered cyclic amide) rings is 1. The van der Waals surface area contributed by atoms with Gasteiger partial charge < -0.3 is 24.8 Å². The largest absolute Gasteiger partial charge is 1.00 e. The van der Waals surface area contributed by atoms with Gasteiger partial charge in [0.15, 0.2) is 10.3 Å². The van der Waals surface area contributed by atoms with Crippen LogP contribution in [0.1, 0.15) is 18.5 Å². The molecule has 6 amide bonds. The van der Waals surface area contributed by atoms with E-state index < -0.39 is 58.3 Å². The number of urea groups is 1. The van der Waals surface area contributed by atoms with Crippen LogP contribution in [0.15, 0.2) is 30.3 Å². The molecule has 2 aliphatic heterocycles. The average Bonchev–Trinajstić information content (AvgIpc) is 2.80. The molecular formula is C19H22KN5O9S. The smallest absolute Gasteiger partial charge is 0.731 e. The SMILES string of the molecule is CCN1CCN(C(=O)NC(C(=O)N[C@@]2(OC)CN(S(=O)(=O)[O-])C2=O)c2ccccc2)C(=O)C1=O.[K+]. The van der Waals surface area contributed by atoms with E-state index >= 15 is 0 Å². The quantitative estimate of drug-likeness (QED) is 0.113. The maximum absolute atomic E-state index is 13.1. The first kappa shape index (κ1) is 29.3. The normalized spacial score (nSPS) is 21.1. The molecule has 2 heterocycles. The second kappa shape index (κ2) is 11.4. The topological polar surface area (TPSA) is 186 Å². The van der Waals surface area contributed by atoms with Crippen LogP contribution in [0.5, 0.6) is 0 Å². The number of rotatable bonds is 7. The summed E-state index contributed by atoms with van der Waals surface area (Å²) in [7, 11) is -4.08. The van der Waals surface area contributed by atoms with E-state index in [0.29, 0.717) is 4.90 Å². The summed E-state index contributed by atoms with van der Waals surface area (Å²) >= 11 is 0. The van der Waals surface area contributed by atoms with E-state index in [0.717, 1.165) is 7.11 Å². The van der Waals surface area contributed by atoms with Crippen LogP contribution in [-0.2, 0) is 34.2 Å². The van der Waals surface area contributed by atoms with E-state index in [1.807, 2.05) is 0 Å². The molecule has 2 saturated heterocycles. The van der Waals surface area contributed by atoms with E-state index in [1.165, 1.54) is 17.0 Å². The summed E-state index contributed by atoms with van der Waals surface area (Å²) in [6.07, 6.45) is 0. The van der Waals surface area contributed by atoms with Crippen molar-refractivity contribution in [2.75, 3.05) is 33.3 Å². The van der Waals surface area contributed by atoms with Crippen LogP contribution in [-0.4, -0.2) is 95.7 Å². The number of benzene rings is 1. The molecule has 0 bridgehead atoms. The standard InChI is InChI=1S/C19H23N5O9S.K/c1-3-22-9-10-23(16(27)15(22)26)18(29)20-13(12-7-5-4-6-8-12)14(25)21-19(33-2)11-24(17(19)28)34(30,31)32;/h4-8,13H,3,9-11H2,1-2H3,(H,20,29)(H,21,25)(H,30,31,32);/q;+1/p-1/t13?,19-;/m1./s1. The first-order valence-electron chi connectivity index (χ1n) is 10.1. The molecule has 1 unspecified atom stereocenters. The van der Waals surface area contributed by atoms with Gasteiger partial charge in [0.1, 0.15) is 6.04 Å². The van der Waals surface area contributed by atoms with Crippen LogP contribution in [0, 0.1) is 0 Å². The average molecular weight is 536 g/mol. The molecule has 1 aromatic carbocycles. The van der Waals surface area contributed by atoms with Crippen molar-refractivity contribution in [3.63, 3.8) is 0 Å². The van der Waals surface area contributed by atoms with Gasteiger partial charge in [0.05, 0.1) is 6.54 Å². The zero-order valence-electron chi connectivity index (χ0n) is 19.2. The van der Waals surface area contributed by atoms with Gasteiger partial charge in [0.2, 0.25) is 11.6 Å². The van der Waals surface area contributed by atoms with Gasteiger partial charge in [0, 0.05) is 26.7 Å². The molecule has 0 radical (unpaired) electrons. The molecule has 2 N–H and O–H groups in total. The molecule has 1 aromatic rings. The van der Waals surface area contributed by atoms with Crippen LogP contribution in [0.25, 0.3) is 0 Å². The number of ether oxygens (including phenoxy) is 1. The number of carbonyl (C=O) groups is 5. The van der Waals surface area contributed by atoms with Gasteiger partial charge in [-0.05, 0) is 12.5 Å². The summed E-state index contributed by atoms with van der Waals surface area (Å²) in [6, 6.07) is 5.29. The second-order valence-electron chi connectivity index (χ2n) is 7.42. The van der Waals surface area contributed by atoms with Crippen molar-refractivity contribution in [3.8, 4) is 0 Å². The van der Waals surface area contributed by atoms with Crippen molar-refractivity contribution in [2.45, 2.75) is 18.7 Å². The van der Waals surface area contributed by atoms with Crippen molar-refractivity contribution in [2.24, 2.45) is 0 Å². The molecular weight excluding hydrogens is 513 g/mol. The first-order chi connectivity index (χ1) is 15.9. The Bertz CT molecular complexity index is 1130. The van der Waals surface area contributed by atoms with Crippen molar-refractivity contribution < 1.29 is 93.1 Å². The Balaban J connectivity index is 0.00000432. The van der Waals surface area contributed by atoms with Gasteiger partial charge >= 0.3 is 69.2 Å². The Kier molecular flexibility index (Phi) is 9.56. The number of carbonyl (C=O) groups excluding carboxylic acids is 5. The number of hydrogen-bond donors (Lipinski definition) is 2. The minimum Gasteiger partial charge on any atom is -0.731 e. The van der Waals surface area contributed by atoms with Crippen molar-refractivity contribution in [3.05, 3.63) is 35.9 Å². The first-order valence-corrected chi connectivity index (χ1v) is 11.4. The van der Waals surface area contributed by atoms with Crippen LogP contribution in [0.2, 0.25) is 0 Å². The summed E-state index contributed by atoms with van der Waals surface area (Å²) in [6.45, 7) is 1.24. The van der Waals surface area contributed by atoms with E-state index in [9.17, 15) is 36.9 Å². The Morgan fingerprint density at radius 1 is 1.14 bits per heavy atom. The van der Waals surface area contributed by atoms with Crippen molar-refractivity contribution in [1.29, 1.82) is 0 Å². The molecule has 2 atom stereocenters. The maximum atomic E-state index is 13.1. The molecule has 35 heavy (non-hydrogen) atoms. The molecule has 16 heteroatoms. The Labute approximate surface area is 243 Å². The van der Waals surface area contributed by atoms with Crippen LogP contribution >= 0.6 is 0 Å². The Hall–Kier alpha value is -1.92. The fourth-order valence-electron chi connectivity index (χ4n) is 3.52. The molecule has 14 nitrogen and oxygen atoms in total. The number of nitrogens with zero attached hydrogens (tertiary/aromatic N) is 3. The number of hydrogen-bond acceptors (Lipinski definition) is 9. The number of likely N-dealkylation sites (N-methyl/N-ethyl adjacent to an activating group) is 1. The van der Waals surface area contributed by atoms with Gasteiger partial charge in [-0.25, -0.2) is 17.5 Å². The van der Waals surface area contributed by atoms with E-state index in [4.69, 9.17) is 4.74 Å². The molecule has 2 aliphatic rings. The van der Waals surface area contributed by atoms with E-state index in [-0.39, 0.29) is 80.9 Å². The number of methoxy groups -OCH3 is 1. The van der Waals surface area contributed by atoms with Crippen molar-refractivity contribution in [1.82, 2.24) is 24.7 Å². The van der Waals surface area contributed by atoms with Crippen LogP contribution in [0.4, 0.5) is 4.79 Å². The summed E-state index contributed by atoms with van der Waals surface area (Å²) in [4.78, 5) is 64.6. The van der Waals surface area contributed by atoms with E-state index in [2.05, 4.69) is 10.6 Å². The molecule has 2 fully saturated rings. The molecule has 0 aromatic heterocycles. The number of piperazine rings is 1. The van der Waals surface area contributed by atoms with Crippen LogP contribution < -0.4 is 62.0 Å². The third-order valence-electron chi connectivity index (χ3n) is 5.48. The summed E-state index contributed by atoms with van der Waals surface area (Å²) in [5.41, 5.74) is -1.88. The summed E-state index contributed by atoms with van der Waals surface area (Å²) in [5.74, 6) is -4.20. The number of amides is 6. The summed E-state index contributed by atoms with van der Waals surface area (Å²) < 4.78 is 38.4. The van der Waals surface area contributed by atoms with Gasteiger partial charge in [-0.3, -0.25) is 24.1 Å². The van der Waals surface area contributed by atoms with Gasteiger partial charge in [0.25, 0.3) is 5.91 Å². The second-order valence-corrected chi connectivity index (χ2v) is 8.72. The fourth-order valence-corrected chi connectivity index (χ4v) is 4.21. The number of nitrogens with one attached hydrogen (secondary N) is 2. The minimum atomic E-state index is -5.10. The van der Waals surface area contributed by atoms with Crippen molar-refractivity contribution >= 4 is 40.0 Å². The third-order valence-corrected chi connectivity index (χ3v) is 6.32. The predicted molar refractivity (Wildman–Crippen MR) is 111 cm³/mol. The molecule has 0 spiro atoms. The Morgan fingerprint density at radius 3 is 2.29 bits per heavy atom. The number of imide groups is 1. The molecule has 184 valence electrons. The van der Waals surface area contributed by atoms with Gasteiger partial charge in [-0.2, -0.15) is 0 Å².